The van der Waals surface area contributed by atoms with Crippen LogP contribution in [0.25, 0.3) is 0 Å². The number of Topliss-reactive ketones (excluding diaryl/α,β-unsaturated/α-hetero) is 1. The Balaban J connectivity index is 1.64. The summed E-state index contributed by atoms with van der Waals surface area (Å²) in [5, 5.41) is 0. The molecule has 0 amide bonds. The van der Waals surface area contributed by atoms with Crippen molar-refractivity contribution < 1.29 is 28.7 Å². The van der Waals surface area contributed by atoms with Crippen LogP contribution in [0.3, 0.4) is 0 Å². The van der Waals surface area contributed by atoms with E-state index in [1.54, 1.807) is 6.08 Å². The van der Waals surface area contributed by atoms with Gasteiger partial charge < -0.3 is 9.47 Å². The van der Waals surface area contributed by atoms with Gasteiger partial charge in [0.25, 0.3) is 0 Å². The molecule has 6 heteroatoms. The second kappa shape index (κ2) is 9.46. The molecule has 0 aromatic carbocycles. The third kappa shape index (κ3) is 3.81. The molecule has 6 nitrogen and oxygen atoms in total. The first-order valence-corrected chi connectivity index (χ1v) is 14.1. The minimum Gasteiger partial charge on any atom is -0.450 e. The van der Waals surface area contributed by atoms with E-state index in [9.17, 15) is 19.2 Å². The van der Waals surface area contributed by atoms with Crippen LogP contribution in [0.1, 0.15) is 80.1 Å². The van der Waals surface area contributed by atoms with Crippen LogP contribution >= 0.6 is 0 Å². The van der Waals surface area contributed by atoms with Crippen molar-refractivity contribution in [2.24, 2.45) is 35.5 Å². The smallest absolute Gasteiger partial charge is 0.307 e. The van der Waals surface area contributed by atoms with Crippen LogP contribution < -0.4 is 0 Å². The number of carbonyl (C=O) groups is 4. The average molecular weight is 521 g/mol. The van der Waals surface area contributed by atoms with Crippen LogP contribution in [-0.4, -0.2) is 34.7 Å². The lowest BCUT2D eigenvalue weighted by atomic mass is 9.43. The largest absolute Gasteiger partial charge is 0.450 e. The Morgan fingerprint density at radius 2 is 1.37 bits per heavy atom. The van der Waals surface area contributed by atoms with Gasteiger partial charge in [0.1, 0.15) is 0 Å². The summed E-state index contributed by atoms with van der Waals surface area (Å²) in [4.78, 5) is 54.2. The molecule has 0 aromatic rings. The van der Waals surface area contributed by atoms with Crippen molar-refractivity contribution in [2.75, 3.05) is 0 Å². The number of carbonyl (C=O) groups excluding carboxylic acids is 4. The van der Waals surface area contributed by atoms with E-state index in [0.717, 1.165) is 24.0 Å². The number of hydrogen-bond acceptors (Lipinski definition) is 6. The monoisotopic (exact) mass is 520 g/mol. The van der Waals surface area contributed by atoms with Crippen molar-refractivity contribution in [1.29, 1.82) is 0 Å². The Morgan fingerprint density at radius 1 is 0.842 bits per heavy atom. The molecule has 6 rings (SSSR count). The van der Waals surface area contributed by atoms with Gasteiger partial charge in [0, 0.05) is 35.5 Å². The second-order valence-corrected chi connectivity index (χ2v) is 12.6. The molecule has 0 N–H and O–H groups in total. The van der Waals surface area contributed by atoms with Gasteiger partial charge in [-0.05, 0) is 73.3 Å². The molecule has 0 aromatic heterocycles. The van der Waals surface area contributed by atoms with E-state index in [1.807, 2.05) is 41.5 Å². The number of rotatable bonds is 6. The van der Waals surface area contributed by atoms with E-state index in [4.69, 9.17) is 9.47 Å². The van der Waals surface area contributed by atoms with Gasteiger partial charge in [-0.15, -0.1) is 0 Å². The molecule has 2 aliphatic heterocycles. The highest BCUT2D eigenvalue weighted by molar-refractivity contribution is 6.05. The fourth-order valence-corrected chi connectivity index (χ4v) is 8.33. The lowest BCUT2D eigenvalue weighted by Gasteiger charge is -2.61. The third-order valence-electron chi connectivity index (χ3n) is 9.73. The van der Waals surface area contributed by atoms with E-state index in [0.29, 0.717) is 12.8 Å². The Labute approximate surface area is 225 Å². The molecule has 0 radical (unpaired) electrons. The summed E-state index contributed by atoms with van der Waals surface area (Å²) < 4.78 is 12.3. The predicted molar refractivity (Wildman–Crippen MR) is 143 cm³/mol. The number of ketones is 2. The molecule has 4 aliphatic carbocycles. The molecule has 2 saturated heterocycles. The molecule has 38 heavy (non-hydrogen) atoms. The fourth-order valence-electron chi connectivity index (χ4n) is 8.33. The molecule has 1 saturated carbocycles. The van der Waals surface area contributed by atoms with Gasteiger partial charge in [-0.25, -0.2) is 0 Å². The van der Waals surface area contributed by atoms with Crippen molar-refractivity contribution in [2.45, 2.75) is 91.3 Å². The molecule has 2 spiro atoms. The molecule has 0 unspecified atom stereocenters. The third-order valence-corrected chi connectivity index (χ3v) is 9.73. The van der Waals surface area contributed by atoms with Crippen molar-refractivity contribution in [3.63, 3.8) is 0 Å². The van der Waals surface area contributed by atoms with Gasteiger partial charge in [0.2, 0.25) is 0 Å². The van der Waals surface area contributed by atoms with E-state index in [2.05, 4.69) is 18.2 Å². The van der Waals surface area contributed by atoms with Gasteiger partial charge >= 0.3 is 11.9 Å². The van der Waals surface area contributed by atoms with Gasteiger partial charge in [-0.3, -0.25) is 19.2 Å². The maximum absolute atomic E-state index is 14.4. The van der Waals surface area contributed by atoms with Crippen LogP contribution in [0.5, 0.6) is 0 Å². The van der Waals surface area contributed by atoms with Crippen LogP contribution in [0.15, 0.2) is 46.6 Å². The quantitative estimate of drug-likeness (QED) is 0.334. The summed E-state index contributed by atoms with van der Waals surface area (Å²) in [6.45, 7) is 12.0. The van der Waals surface area contributed by atoms with E-state index >= 15 is 0 Å². The first kappa shape index (κ1) is 26.8. The summed E-state index contributed by atoms with van der Waals surface area (Å²) in [6, 6.07) is 0. The molecule has 8 atom stereocenters. The van der Waals surface area contributed by atoms with Gasteiger partial charge in [0.15, 0.2) is 22.8 Å². The van der Waals surface area contributed by atoms with Crippen LogP contribution in [0, 0.1) is 35.5 Å². The van der Waals surface area contributed by atoms with Crippen molar-refractivity contribution >= 4 is 23.5 Å². The molecule has 6 aliphatic rings. The minimum absolute atomic E-state index is 0.0422. The van der Waals surface area contributed by atoms with Crippen molar-refractivity contribution in [3.05, 3.63) is 46.6 Å². The lowest BCUT2D eigenvalue weighted by molar-refractivity contribution is -0.201. The zero-order chi connectivity index (χ0) is 27.6. The van der Waals surface area contributed by atoms with Crippen LogP contribution in [-0.2, 0) is 28.7 Å². The number of ether oxygens (including phenoxy) is 2. The topological polar surface area (TPSA) is 86.7 Å². The Kier molecular flexibility index (Phi) is 6.68. The van der Waals surface area contributed by atoms with E-state index < -0.39 is 29.0 Å². The van der Waals surface area contributed by atoms with Gasteiger partial charge in [-0.2, -0.15) is 0 Å². The Bertz CT molecular complexity index is 1210. The summed E-state index contributed by atoms with van der Waals surface area (Å²) in [6.07, 6.45) is 11.1. The zero-order valence-corrected chi connectivity index (χ0v) is 23.5. The number of hydrogen-bond donors (Lipinski definition) is 0. The van der Waals surface area contributed by atoms with Gasteiger partial charge in [0.05, 0.1) is 12.8 Å². The molecular weight excluding hydrogens is 480 g/mol. The van der Waals surface area contributed by atoms with Crippen LogP contribution in [0.2, 0.25) is 0 Å². The highest BCUT2D eigenvalue weighted by atomic mass is 16.6. The first-order valence-electron chi connectivity index (χ1n) is 14.1. The highest BCUT2D eigenvalue weighted by Gasteiger charge is 2.76. The van der Waals surface area contributed by atoms with Crippen molar-refractivity contribution in [3.8, 4) is 0 Å². The number of allylic oxidation sites excluding steroid dienone is 6. The van der Waals surface area contributed by atoms with Crippen molar-refractivity contribution in [1.82, 2.24) is 0 Å². The minimum atomic E-state index is -1.34. The first-order chi connectivity index (χ1) is 17.9. The Hall–Kier alpha value is -2.76. The second-order valence-electron chi connectivity index (χ2n) is 12.6. The summed E-state index contributed by atoms with van der Waals surface area (Å²) in [7, 11) is 0. The predicted octanol–water partition coefficient (Wildman–Crippen LogP) is 5.62. The van der Waals surface area contributed by atoms with Gasteiger partial charge in [-0.1, -0.05) is 40.5 Å². The maximum Gasteiger partial charge on any atom is 0.307 e. The summed E-state index contributed by atoms with van der Waals surface area (Å²) >= 11 is 0. The molecular formula is C32H40O6. The van der Waals surface area contributed by atoms with E-state index in [1.165, 1.54) is 11.1 Å². The molecule has 2 bridgehead atoms. The summed E-state index contributed by atoms with van der Waals surface area (Å²) in [5.74, 6) is -3.23. The SMILES string of the molecule is CC(C)=CCC[C@H]1CC(=O)O[C@]12C(=O)C=C(C)[C@H]1[C@@H]3C(=O)[C@]4(OC(=O)C[C@@H]4CCC=C(C)C)[C@@H](C=C3C)[C@H]12. The maximum atomic E-state index is 14.4. The lowest BCUT2D eigenvalue weighted by Crippen LogP contribution is -2.71. The normalized spacial score (nSPS) is 39.1. The highest BCUT2D eigenvalue weighted by Crippen LogP contribution is 2.65. The zero-order valence-electron chi connectivity index (χ0n) is 23.5. The average Bonchev–Trinajstić information content (AvgIpc) is 3.32. The number of esters is 2. The standard InChI is InChI=1S/C32H40O6/c1-17(2)9-7-11-21-15-25(34)37-31(21)23-13-19(5)28(30(31)36)27-20(6)14-24(33)32(29(23)27)22(16-26(35)38-32)12-8-10-18(3)4/h9-10,13-14,21-23,27-29H,7-8,11-12,15-16H2,1-6H3/t21-,22-,23-,27-,28+,29+,31+,32-/m0/s1. The van der Waals surface area contributed by atoms with Crippen LogP contribution in [0.4, 0.5) is 0 Å². The molecule has 2 heterocycles. The van der Waals surface area contributed by atoms with E-state index in [-0.39, 0.29) is 54.1 Å². The summed E-state index contributed by atoms with van der Waals surface area (Å²) in [5.41, 5.74) is 1.52. The molecule has 3 fully saturated rings. The fraction of sp³-hybridized carbons (Fsp3) is 0.625. The molecule has 204 valence electrons. The Morgan fingerprint density at radius 3 is 1.92 bits per heavy atom.